The zero-order valence-corrected chi connectivity index (χ0v) is 16.1. The van der Waals surface area contributed by atoms with E-state index in [9.17, 15) is 4.39 Å². The SMILES string of the molecule is Cc1nnc(CNc2cc(O[C@@H]3C[C@]34C[C@@H]4c3ccccn3)nc(CF)n2)s1. The monoisotopic (exact) mass is 398 g/mol. The smallest absolute Gasteiger partial charge is 0.219 e. The molecular weight excluding hydrogens is 379 g/mol. The summed E-state index contributed by atoms with van der Waals surface area (Å²) < 4.78 is 19.3. The van der Waals surface area contributed by atoms with Crippen molar-refractivity contribution in [3.63, 3.8) is 0 Å². The molecule has 9 heteroatoms. The number of nitrogens with one attached hydrogen (secondary N) is 1. The molecule has 0 aliphatic heterocycles. The van der Waals surface area contributed by atoms with Crippen molar-refractivity contribution in [2.45, 2.75) is 45.0 Å². The number of hydrogen-bond donors (Lipinski definition) is 1. The van der Waals surface area contributed by atoms with Gasteiger partial charge in [-0.1, -0.05) is 17.4 Å². The van der Waals surface area contributed by atoms with Gasteiger partial charge < -0.3 is 10.1 Å². The minimum atomic E-state index is -0.740. The van der Waals surface area contributed by atoms with Gasteiger partial charge in [0.05, 0.1) is 6.54 Å². The second-order valence-corrected chi connectivity index (χ2v) is 8.53. The third-order valence-electron chi connectivity index (χ3n) is 5.33. The van der Waals surface area contributed by atoms with E-state index < -0.39 is 6.67 Å². The Morgan fingerprint density at radius 2 is 2.21 bits per heavy atom. The van der Waals surface area contributed by atoms with Gasteiger partial charge in [0.2, 0.25) is 5.88 Å². The molecule has 7 nitrogen and oxygen atoms in total. The number of alkyl halides is 1. The summed E-state index contributed by atoms with van der Waals surface area (Å²) in [5.41, 5.74) is 1.29. The number of aryl methyl sites for hydroxylation is 1. The Balaban J connectivity index is 1.26. The van der Waals surface area contributed by atoms with Crippen LogP contribution in [0.5, 0.6) is 5.88 Å². The maximum atomic E-state index is 13.2. The number of anilines is 1. The summed E-state index contributed by atoms with van der Waals surface area (Å²) >= 11 is 1.51. The van der Waals surface area contributed by atoms with E-state index in [2.05, 4.69) is 36.5 Å². The quantitative estimate of drug-likeness (QED) is 0.652. The lowest BCUT2D eigenvalue weighted by Gasteiger charge is -2.09. The summed E-state index contributed by atoms with van der Waals surface area (Å²) in [6.45, 7) is 1.64. The van der Waals surface area contributed by atoms with Crippen LogP contribution < -0.4 is 10.1 Å². The van der Waals surface area contributed by atoms with E-state index in [0.29, 0.717) is 24.2 Å². The van der Waals surface area contributed by atoms with Crippen LogP contribution in [-0.2, 0) is 13.2 Å². The lowest BCUT2D eigenvalue weighted by molar-refractivity contribution is 0.264. The first kappa shape index (κ1) is 17.4. The molecule has 0 bridgehead atoms. The van der Waals surface area contributed by atoms with E-state index >= 15 is 0 Å². The Morgan fingerprint density at radius 3 is 2.96 bits per heavy atom. The van der Waals surface area contributed by atoms with Crippen molar-refractivity contribution in [3.8, 4) is 5.88 Å². The molecule has 3 aromatic rings. The van der Waals surface area contributed by atoms with Crippen LogP contribution in [0.3, 0.4) is 0 Å². The van der Waals surface area contributed by atoms with Gasteiger partial charge in [-0.25, -0.2) is 9.37 Å². The lowest BCUT2D eigenvalue weighted by Crippen LogP contribution is -2.08. The van der Waals surface area contributed by atoms with E-state index in [4.69, 9.17) is 4.74 Å². The van der Waals surface area contributed by atoms with Gasteiger partial charge in [-0.05, 0) is 31.9 Å². The van der Waals surface area contributed by atoms with Gasteiger partial charge in [0.25, 0.3) is 0 Å². The van der Waals surface area contributed by atoms with Gasteiger partial charge >= 0.3 is 0 Å². The molecule has 2 fully saturated rings. The van der Waals surface area contributed by atoms with Crippen LogP contribution in [0.25, 0.3) is 0 Å². The molecule has 1 spiro atoms. The van der Waals surface area contributed by atoms with Gasteiger partial charge in [0, 0.05) is 29.3 Å². The molecule has 2 saturated carbocycles. The average Bonchev–Trinajstić information content (AvgIpc) is 3.57. The molecule has 1 N–H and O–H groups in total. The number of ether oxygens (including phenoxy) is 1. The highest BCUT2D eigenvalue weighted by molar-refractivity contribution is 7.11. The van der Waals surface area contributed by atoms with E-state index in [-0.39, 0.29) is 17.3 Å². The molecular formula is C19H19FN6OS. The molecule has 144 valence electrons. The average molecular weight is 398 g/mol. The largest absolute Gasteiger partial charge is 0.474 e. The van der Waals surface area contributed by atoms with Gasteiger partial charge in [-0.3, -0.25) is 4.98 Å². The van der Waals surface area contributed by atoms with Crippen LogP contribution in [0, 0.1) is 12.3 Å². The Morgan fingerprint density at radius 1 is 1.29 bits per heavy atom. The molecule has 5 rings (SSSR count). The van der Waals surface area contributed by atoms with E-state index in [1.54, 1.807) is 6.07 Å². The molecule has 0 radical (unpaired) electrons. The Bertz CT molecular complexity index is 999. The van der Waals surface area contributed by atoms with Crippen LogP contribution in [-0.4, -0.2) is 31.3 Å². The molecule has 0 saturated heterocycles. The van der Waals surface area contributed by atoms with Crippen LogP contribution in [0.2, 0.25) is 0 Å². The fraction of sp³-hybridized carbons (Fsp3) is 0.421. The maximum absolute atomic E-state index is 13.2. The summed E-state index contributed by atoms with van der Waals surface area (Å²) in [5, 5.41) is 13.0. The van der Waals surface area contributed by atoms with E-state index in [1.807, 2.05) is 25.3 Å². The number of aromatic nitrogens is 5. The van der Waals surface area contributed by atoms with Crippen LogP contribution in [0.15, 0.2) is 30.5 Å². The van der Waals surface area contributed by atoms with Crippen LogP contribution >= 0.6 is 11.3 Å². The predicted octanol–water partition coefficient (Wildman–Crippen LogP) is 3.44. The summed E-state index contributed by atoms with van der Waals surface area (Å²) in [6.07, 6.45) is 3.99. The van der Waals surface area contributed by atoms with Crippen LogP contribution in [0.1, 0.15) is 40.3 Å². The summed E-state index contributed by atoms with van der Waals surface area (Å²) in [6, 6.07) is 7.73. The number of pyridine rings is 1. The fourth-order valence-electron chi connectivity index (χ4n) is 3.73. The number of hydrogen-bond acceptors (Lipinski definition) is 8. The number of rotatable bonds is 7. The first-order valence-corrected chi connectivity index (χ1v) is 10.0. The first-order chi connectivity index (χ1) is 13.7. The van der Waals surface area contributed by atoms with Crippen molar-refractivity contribution in [1.82, 2.24) is 25.1 Å². The van der Waals surface area contributed by atoms with Crippen LogP contribution in [0.4, 0.5) is 10.2 Å². The van der Waals surface area contributed by atoms with Crippen molar-refractivity contribution >= 4 is 17.2 Å². The molecule has 2 aliphatic rings. The number of nitrogens with zero attached hydrogens (tertiary/aromatic N) is 5. The zero-order valence-electron chi connectivity index (χ0n) is 15.3. The van der Waals surface area contributed by atoms with Crippen molar-refractivity contribution in [3.05, 3.63) is 52.0 Å². The molecule has 3 atom stereocenters. The number of halogens is 1. The summed E-state index contributed by atoms with van der Waals surface area (Å²) in [4.78, 5) is 12.8. The van der Waals surface area contributed by atoms with Crippen molar-refractivity contribution in [2.24, 2.45) is 5.41 Å². The summed E-state index contributed by atoms with van der Waals surface area (Å²) in [7, 11) is 0. The Labute approximate surface area is 165 Å². The maximum Gasteiger partial charge on any atom is 0.219 e. The van der Waals surface area contributed by atoms with Crippen molar-refractivity contribution < 1.29 is 9.13 Å². The highest BCUT2D eigenvalue weighted by Gasteiger charge is 2.73. The highest BCUT2D eigenvalue weighted by atomic mass is 32.1. The minimum Gasteiger partial charge on any atom is -0.474 e. The normalized spacial score (nSPS) is 24.9. The topological polar surface area (TPSA) is 85.7 Å². The molecule has 0 aromatic carbocycles. The van der Waals surface area contributed by atoms with Crippen molar-refractivity contribution in [2.75, 3.05) is 5.32 Å². The lowest BCUT2D eigenvalue weighted by atomic mass is 10.2. The predicted molar refractivity (Wildman–Crippen MR) is 102 cm³/mol. The Kier molecular flexibility index (Phi) is 4.19. The summed E-state index contributed by atoms with van der Waals surface area (Å²) in [5.74, 6) is 1.49. The minimum absolute atomic E-state index is 0.0977. The Hall–Kier alpha value is -2.68. The van der Waals surface area contributed by atoms with E-state index in [0.717, 1.165) is 28.6 Å². The molecule has 3 heterocycles. The molecule has 2 aliphatic carbocycles. The molecule has 3 aromatic heterocycles. The van der Waals surface area contributed by atoms with Crippen molar-refractivity contribution in [1.29, 1.82) is 0 Å². The third kappa shape index (κ3) is 3.30. The second-order valence-electron chi connectivity index (χ2n) is 7.26. The fourth-order valence-corrected chi connectivity index (χ4v) is 4.38. The van der Waals surface area contributed by atoms with Gasteiger partial charge in [-0.15, -0.1) is 10.2 Å². The molecule has 0 amide bonds. The van der Waals surface area contributed by atoms with Gasteiger partial charge in [0.1, 0.15) is 28.6 Å². The third-order valence-corrected chi connectivity index (χ3v) is 6.17. The van der Waals surface area contributed by atoms with E-state index in [1.165, 1.54) is 11.3 Å². The standard InChI is InChI=1S/C19H19FN6OS/c1-11-25-26-18(28-11)10-22-15-6-17(24-16(9-20)23-15)27-14-8-19(14)7-12(19)13-4-2-3-5-21-13/h2-6,12,14H,7-10H2,1H3,(H,22,23,24)/t12-,14-,19+/m1/s1. The molecule has 0 unspecified atom stereocenters. The molecule has 28 heavy (non-hydrogen) atoms. The zero-order chi connectivity index (χ0) is 19.1. The highest BCUT2D eigenvalue weighted by Crippen LogP contribution is 2.75. The second kappa shape index (κ2) is 6.73. The van der Waals surface area contributed by atoms with Gasteiger partial charge in [0.15, 0.2) is 5.82 Å². The first-order valence-electron chi connectivity index (χ1n) is 9.21. The van der Waals surface area contributed by atoms with Gasteiger partial charge in [-0.2, -0.15) is 4.98 Å².